The first-order chi connectivity index (χ1) is 15.7. The maximum Gasteiger partial charge on any atom is 0.267 e. The Bertz CT molecular complexity index is 1430. The summed E-state index contributed by atoms with van der Waals surface area (Å²) in [6.07, 6.45) is 0. The predicted molar refractivity (Wildman–Crippen MR) is 110 cm³/mol. The van der Waals surface area contributed by atoms with Crippen LogP contribution in [-0.2, 0) is 16.6 Å². The summed E-state index contributed by atoms with van der Waals surface area (Å²) in [4.78, 5) is 2.48. The Balaban J connectivity index is 1.49. The second kappa shape index (κ2) is 8.66. The minimum absolute atomic E-state index is 0.112. The predicted octanol–water partition coefficient (Wildman–Crippen LogP) is 5.31. The van der Waals surface area contributed by atoms with Crippen LogP contribution >= 0.6 is 0 Å². The number of ether oxygens (including phenoxy) is 1. The van der Waals surface area contributed by atoms with Gasteiger partial charge in [-0.05, 0) is 36.4 Å². The SMILES string of the molecule is O=S(=O)(Nc1ccc(OCc2ccc3ccccc3n2)cc1)c1c(F)c(F)c(F)c(F)c1F. The molecule has 0 aliphatic carbocycles. The van der Waals surface area contributed by atoms with Gasteiger partial charge < -0.3 is 4.74 Å². The van der Waals surface area contributed by atoms with Crippen LogP contribution in [0.15, 0.2) is 65.6 Å². The van der Waals surface area contributed by atoms with Gasteiger partial charge in [-0.25, -0.2) is 35.4 Å². The molecule has 0 aliphatic rings. The fourth-order valence-corrected chi connectivity index (χ4v) is 4.19. The number of hydrogen-bond acceptors (Lipinski definition) is 4. The smallest absolute Gasteiger partial charge is 0.267 e. The van der Waals surface area contributed by atoms with Crippen LogP contribution in [0.4, 0.5) is 27.6 Å². The third kappa shape index (κ3) is 4.44. The zero-order valence-corrected chi connectivity index (χ0v) is 17.3. The monoisotopic (exact) mass is 480 g/mol. The number of rotatable bonds is 6. The lowest BCUT2D eigenvalue weighted by Crippen LogP contribution is -2.19. The number of aromatic nitrogens is 1. The zero-order valence-electron chi connectivity index (χ0n) is 16.5. The lowest BCUT2D eigenvalue weighted by Gasteiger charge is -2.12. The van der Waals surface area contributed by atoms with E-state index in [0.717, 1.165) is 10.9 Å². The zero-order chi connectivity index (χ0) is 23.8. The molecule has 0 saturated heterocycles. The summed E-state index contributed by atoms with van der Waals surface area (Å²) in [6.45, 7) is 0.112. The Labute approximate surface area is 184 Å². The highest BCUT2D eigenvalue weighted by Crippen LogP contribution is 2.28. The van der Waals surface area contributed by atoms with Crippen molar-refractivity contribution in [2.75, 3.05) is 4.72 Å². The van der Waals surface area contributed by atoms with Gasteiger partial charge in [0.25, 0.3) is 10.0 Å². The van der Waals surface area contributed by atoms with Crippen LogP contribution in [0, 0.1) is 29.1 Å². The van der Waals surface area contributed by atoms with Gasteiger partial charge in [-0.2, -0.15) is 0 Å². The molecule has 0 saturated carbocycles. The van der Waals surface area contributed by atoms with Crippen molar-refractivity contribution in [2.45, 2.75) is 11.5 Å². The molecule has 0 atom stereocenters. The number of halogens is 5. The second-order valence-corrected chi connectivity index (χ2v) is 8.43. The van der Waals surface area contributed by atoms with Crippen LogP contribution in [0.5, 0.6) is 5.75 Å². The Morgan fingerprint density at radius 3 is 2.03 bits per heavy atom. The summed E-state index contributed by atoms with van der Waals surface area (Å²) >= 11 is 0. The average molecular weight is 480 g/mol. The molecule has 0 amide bonds. The van der Waals surface area contributed by atoms with E-state index in [-0.39, 0.29) is 12.3 Å². The summed E-state index contributed by atoms with van der Waals surface area (Å²) in [7, 11) is -5.12. The summed E-state index contributed by atoms with van der Waals surface area (Å²) < 4.78 is 99.5. The van der Waals surface area contributed by atoms with Crippen molar-refractivity contribution in [2.24, 2.45) is 0 Å². The number of benzene rings is 3. The molecule has 0 aliphatic heterocycles. The third-order valence-corrected chi connectivity index (χ3v) is 5.99. The number of para-hydroxylation sites is 1. The first-order valence-electron chi connectivity index (χ1n) is 9.29. The van der Waals surface area contributed by atoms with Crippen molar-refractivity contribution in [3.63, 3.8) is 0 Å². The van der Waals surface area contributed by atoms with Crippen LogP contribution in [0.3, 0.4) is 0 Å². The largest absolute Gasteiger partial charge is 0.487 e. The summed E-state index contributed by atoms with van der Waals surface area (Å²) in [5.41, 5.74) is 1.25. The average Bonchev–Trinajstić information content (AvgIpc) is 2.80. The minimum atomic E-state index is -5.12. The molecular formula is C22H13F5N2O3S. The normalized spacial score (nSPS) is 11.5. The van der Waals surface area contributed by atoms with Crippen molar-refractivity contribution in [3.05, 3.63) is 95.4 Å². The maximum absolute atomic E-state index is 13.9. The molecule has 0 fully saturated rings. The molecule has 170 valence electrons. The van der Waals surface area contributed by atoms with Gasteiger partial charge in [0.2, 0.25) is 5.82 Å². The van der Waals surface area contributed by atoms with Crippen molar-refractivity contribution < 1.29 is 35.1 Å². The number of nitrogens with zero attached hydrogens (tertiary/aromatic N) is 1. The molecule has 0 radical (unpaired) electrons. The van der Waals surface area contributed by atoms with Gasteiger partial charge in [0, 0.05) is 11.1 Å². The Hall–Kier alpha value is -3.73. The molecule has 4 rings (SSSR count). The van der Waals surface area contributed by atoms with E-state index in [1.807, 2.05) is 30.3 Å². The fourth-order valence-electron chi connectivity index (χ4n) is 2.99. The summed E-state index contributed by atoms with van der Waals surface area (Å²) in [6, 6.07) is 16.3. The van der Waals surface area contributed by atoms with Crippen LogP contribution < -0.4 is 9.46 Å². The highest BCUT2D eigenvalue weighted by Gasteiger charge is 2.33. The molecule has 3 aromatic carbocycles. The highest BCUT2D eigenvalue weighted by atomic mass is 32.2. The lowest BCUT2D eigenvalue weighted by atomic mass is 10.2. The van der Waals surface area contributed by atoms with Gasteiger partial charge in [0.05, 0.1) is 11.2 Å². The molecule has 1 heterocycles. The Morgan fingerprint density at radius 1 is 0.758 bits per heavy atom. The number of nitrogens with one attached hydrogen (secondary N) is 1. The molecule has 0 unspecified atom stereocenters. The van der Waals surface area contributed by atoms with E-state index in [2.05, 4.69) is 4.98 Å². The van der Waals surface area contributed by atoms with E-state index < -0.39 is 44.0 Å². The van der Waals surface area contributed by atoms with Crippen molar-refractivity contribution in [3.8, 4) is 5.75 Å². The highest BCUT2D eigenvalue weighted by molar-refractivity contribution is 7.92. The molecule has 0 bridgehead atoms. The standard InChI is InChI=1S/C22H13F5N2O3S/c23-17-18(24)20(26)22(21(27)19(17)25)33(30,31)29-13-7-9-15(10-8-13)32-11-14-6-5-12-3-1-2-4-16(12)28-14/h1-10,29H,11H2. The van der Waals surface area contributed by atoms with Crippen LogP contribution in [-0.4, -0.2) is 13.4 Å². The number of sulfonamides is 1. The quantitative estimate of drug-likeness (QED) is 0.231. The van der Waals surface area contributed by atoms with Crippen molar-refractivity contribution >= 4 is 26.6 Å². The fraction of sp³-hybridized carbons (Fsp3) is 0.0455. The van der Waals surface area contributed by atoms with Crippen LogP contribution in [0.1, 0.15) is 5.69 Å². The number of pyridine rings is 1. The van der Waals surface area contributed by atoms with Gasteiger partial charge in [-0.3, -0.25) is 4.72 Å². The Morgan fingerprint density at radius 2 is 1.36 bits per heavy atom. The Kier molecular flexibility index (Phi) is 5.90. The van der Waals surface area contributed by atoms with Gasteiger partial charge in [0.15, 0.2) is 28.2 Å². The molecular weight excluding hydrogens is 467 g/mol. The molecule has 33 heavy (non-hydrogen) atoms. The molecule has 11 heteroatoms. The summed E-state index contributed by atoms with van der Waals surface area (Å²) in [5.74, 6) is -11.8. The molecule has 4 aromatic rings. The van der Waals surface area contributed by atoms with Crippen molar-refractivity contribution in [1.82, 2.24) is 4.98 Å². The molecule has 1 N–H and O–H groups in total. The number of anilines is 1. The molecule has 0 spiro atoms. The minimum Gasteiger partial charge on any atom is -0.487 e. The number of fused-ring (bicyclic) bond motifs is 1. The first kappa shape index (κ1) is 22.5. The molecule has 5 nitrogen and oxygen atoms in total. The maximum atomic E-state index is 13.9. The van der Waals surface area contributed by atoms with Gasteiger partial charge in [-0.1, -0.05) is 24.3 Å². The van der Waals surface area contributed by atoms with Crippen LogP contribution in [0.25, 0.3) is 10.9 Å². The van der Waals surface area contributed by atoms with Gasteiger partial charge >= 0.3 is 0 Å². The van der Waals surface area contributed by atoms with Gasteiger partial charge in [0.1, 0.15) is 12.4 Å². The third-order valence-electron chi connectivity index (χ3n) is 4.59. The van der Waals surface area contributed by atoms with E-state index in [4.69, 9.17) is 4.74 Å². The van der Waals surface area contributed by atoms with Crippen LogP contribution in [0.2, 0.25) is 0 Å². The van der Waals surface area contributed by atoms with E-state index in [9.17, 15) is 30.4 Å². The van der Waals surface area contributed by atoms with E-state index in [1.165, 1.54) is 24.3 Å². The van der Waals surface area contributed by atoms with E-state index in [0.29, 0.717) is 11.4 Å². The topological polar surface area (TPSA) is 68.3 Å². The van der Waals surface area contributed by atoms with E-state index in [1.54, 1.807) is 10.8 Å². The van der Waals surface area contributed by atoms with Gasteiger partial charge in [-0.15, -0.1) is 0 Å². The number of hydrogen-bond donors (Lipinski definition) is 1. The molecule has 1 aromatic heterocycles. The second-order valence-electron chi connectivity index (χ2n) is 6.81. The van der Waals surface area contributed by atoms with E-state index >= 15 is 0 Å². The lowest BCUT2D eigenvalue weighted by molar-refractivity contribution is 0.302. The summed E-state index contributed by atoms with van der Waals surface area (Å²) in [5, 5.41) is 0.965. The van der Waals surface area contributed by atoms with Crippen molar-refractivity contribution in [1.29, 1.82) is 0 Å². The first-order valence-corrected chi connectivity index (χ1v) is 10.8.